The van der Waals surface area contributed by atoms with Crippen molar-refractivity contribution in [2.45, 2.75) is 19.8 Å². The standard InChI is InChI=1S/C24H25FN4O2/c1-2-31-22-11-9-21(10-12-22)28-23(30)18-4-3-13-29(16-18)24-26-14-19(15-27-24)17-5-7-20(25)8-6-17/h5-12,14-15,18H,2-4,13,16H2,1H3,(H,28,30)/t18-/m0/s1. The van der Waals surface area contributed by atoms with Gasteiger partial charge in [-0.2, -0.15) is 0 Å². The first-order chi connectivity index (χ1) is 15.1. The van der Waals surface area contributed by atoms with Crippen LogP contribution in [-0.2, 0) is 4.79 Å². The Morgan fingerprint density at radius 3 is 2.48 bits per heavy atom. The van der Waals surface area contributed by atoms with Crippen LogP contribution < -0.4 is 15.0 Å². The highest BCUT2D eigenvalue weighted by Gasteiger charge is 2.27. The van der Waals surface area contributed by atoms with Gasteiger partial charge in [-0.05, 0) is 61.7 Å². The zero-order valence-electron chi connectivity index (χ0n) is 17.4. The van der Waals surface area contributed by atoms with Gasteiger partial charge in [0.05, 0.1) is 12.5 Å². The van der Waals surface area contributed by atoms with Gasteiger partial charge in [-0.1, -0.05) is 12.1 Å². The molecule has 3 aromatic rings. The molecule has 0 bridgehead atoms. The Kier molecular flexibility index (Phi) is 6.40. The maximum Gasteiger partial charge on any atom is 0.229 e. The summed E-state index contributed by atoms with van der Waals surface area (Å²) in [5.41, 5.74) is 2.44. The van der Waals surface area contributed by atoms with E-state index in [0.29, 0.717) is 19.1 Å². The van der Waals surface area contributed by atoms with Crippen molar-refractivity contribution in [3.05, 3.63) is 66.7 Å². The van der Waals surface area contributed by atoms with Crippen LogP contribution in [0.25, 0.3) is 11.1 Å². The Bertz CT molecular complexity index is 1010. The van der Waals surface area contributed by atoms with Crippen LogP contribution in [0.2, 0.25) is 0 Å². The lowest BCUT2D eigenvalue weighted by Crippen LogP contribution is -2.41. The molecule has 6 nitrogen and oxygen atoms in total. The molecule has 31 heavy (non-hydrogen) atoms. The number of aromatic nitrogens is 2. The van der Waals surface area contributed by atoms with Gasteiger partial charge in [-0.15, -0.1) is 0 Å². The molecule has 1 saturated heterocycles. The van der Waals surface area contributed by atoms with E-state index in [4.69, 9.17) is 4.74 Å². The van der Waals surface area contributed by atoms with Crippen molar-refractivity contribution in [2.24, 2.45) is 5.92 Å². The van der Waals surface area contributed by atoms with Crippen molar-refractivity contribution >= 4 is 17.5 Å². The van der Waals surface area contributed by atoms with Crippen LogP contribution in [0.15, 0.2) is 60.9 Å². The molecule has 1 amide bonds. The van der Waals surface area contributed by atoms with Crippen molar-refractivity contribution in [1.29, 1.82) is 0 Å². The summed E-state index contributed by atoms with van der Waals surface area (Å²) < 4.78 is 18.6. The molecular formula is C24H25FN4O2. The Morgan fingerprint density at radius 2 is 1.81 bits per heavy atom. The Labute approximate surface area is 181 Å². The molecule has 0 unspecified atom stereocenters. The molecule has 0 saturated carbocycles. The number of anilines is 2. The largest absolute Gasteiger partial charge is 0.494 e. The number of carbonyl (C=O) groups excluding carboxylic acids is 1. The molecule has 4 rings (SSSR count). The second-order valence-corrected chi connectivity index (χ2v) is 7.51. The van der Waals surface area contributed by atoms with Gasteiger partial charge in [0, 0.05) is 36.7 Å². The molecule has 0 spiro atoms. The lowest BCUT2D eigenvalue weighted by Gasteiger charge is -2.32. The summed E-state index contributed by atoms with van der Waals surface area (Å²) in [6.45, 7) is 3.92. The normalized spacial score (nSPS) is 16.1. The van der Waals surface area contributed by atoms with Gasteiger partial charge in [0.2, 0.25) is 11.9 Å². The molecule has 1 aliphatic heterocycles. The summed E-state index contributed by atoms with van der Waals surface area (Å²) in [5, 5.41) is 3.00. The maximum absolute atomic E-state index is 13.1. The zero-order valence-corrected chi connectivity index (χ0v) is 17.4. The van der Waals surface area contributed by atoms with E-state index in [1.807, 2.05) is 36.1 Å². The third-order valence-corrected chi connectivity index (χ3v) is 5.32. The molecule has 7 heteroatoms. The van der Waals surface area contributed by atoms with Crippen LogP contribution in [0.5, 0.6) is 5.75 Å². The molecule has 1 aromatic heterocycles. The average Bonchev–Trinajstić information content (AvgIpc) is 2.81. The van der Waals surface area contributed by atoms with Crippen LogP contribution >= 0.6 is 0 Å². The van der Waals surface area contributed by atoms with E-state index in [-0.39, 0.29) is 17.6 Å². The third kappa shape index (κ3) is 5.17. The first-order valence-electron chi connectivity index (χ1n) is 10.5. The fourth-order valence-corrected chi connectivity index (χ4v) is 3.69. The number of hydrogen-bond acceptors (Lipinski definition) is 5. The number of benzene rings is 2. The Balaban J connectivity index is 1.38. The van der Waals surface area contributed by atoms with Gasteiger partial charge in [0.25, 0.3) is 0 Å². The summed E-state index contributed by atoms with van der Waals surface area (Å²) in [5.74, 6) is 0.969. The third-order valence-electron chi connectivity index (χ3n) is 5.32. The monoisotopic (exact) mass is 420 g/mol. The van der Waals surface area contributed by atoms with Crippen LogP contribution in [0.1, 0.15) is 19.8 Å². The highest BCUT2D eigenvalue weighted by molar-refractivity contribution is 5.93. The van der Waals surface area contributed by atoms with Gasteiger partial charge in [-0.3, -0.25) is 4.79 Å². The topological polar surface area (TPSA) is 67.3 Å². The number of nitrogens with one attached hydrogen (secondary N) is 1. The summed E-state index contributed by atoms with van der Waals surface area (Å²) in [6, 6.07) is 13.6. The Hall–Kier alpha value is -3.48. The minimum absolute atomic E-state index is 0.00297. The molecule has 0 aliphatic carbocycles. The minimum atomic E-state index is -0.274. The predicted molar refractivity (Wildman–Crippen MR) is 119 cm³/mol. The van der Waals surface area contributed by atoms with E-state index >= 15 is 0 Å². The number of carbonyl (C=O) groups is 1. The molecule has 160 valence electrons. The van der Waals surface area contributed by atoms with Crippen molar-refractivity contribution in [3.63, 3.8) is 0 Å². The predicted octanol–water partition coefficient (Wildman–Crippen LogP) is 4.54. The van der Waals surface area contributed by atoms with E-state index in [9.17, 15) is 9.18 Å². The van der Waals surface area contributed by atoms with E-state index in [0.717, 1.165) is 42.0 Å². The number of ether oxygens (including phenoxy) is 1. The van der Waals surface area contributed by atoms with Crippen LogP contribution in [0.3, 0.4) is 0 Å². The van der Waals surface area contributed by atoms with Crippen molar-refractivity contribution in [3.8, 4) is 16.9 Å². The van der Waals surface area contributed by atoms with E-state index in [1.54, 1.807) is 24.5 Å². The quantitative estimate of drug-likeness (QED) is 0.634. The van der Waals surface area contributed by atoms with Crippen molar-refractivity contribution in [2.75, 3.05) is 29.9 Å². The number of amides is 1. The lowest BCUT2D eigenvalue weighted by atomic mass is 9.97. The second kappa shape index (κ2) is 9.55. The molecule has 1 atom stereocenters. The molecule has 2 aromatic carbocycles. The fourth-order valence-electron chi connectivity index (χ4n) is 3.69. The van der Waals surface area contributed by atoms with Gasteiger partial charge < -0.3 is 15.0 Å². The highest BCUT2D eigenvalue weighted by atomic mass is 19.1. The summed E-state index contributed by atoms with van der Waals surface area (Å²) in [7, 11) is 0. The molecule has 0 radical (unpaired) electrons. The molecule has 1 aliphatic rings. The van der Waals surface area contributed by atoms with Crippen LogP contribution in [0, 0.1) is 11.7 Å². The number of halogens is 1. The fraction of sp³-hybridized carbons (Fsp3) is 0.292. The number of piperidine rings is 1. The minimum Gasteiger partial charge on any atom is -0.494 e. The molecule has 1 N–H and O–H groups in total. The van der Waals surface area contributed by atoms with E-state index in [2.05, 4.69) is 15.3 Å². The number of hydrogen-bond donors (Lipinski definition) is 1. The second-order valence-electron chi connectivity index (χ2n) is 7.51. The Morgan fingerprint density at radius 1 is 1.10 bits per heavy atom. The summed E-state index contributed by atoms with van der Waals surface area (Å²) in [6.07, 6.45) is 5.19. The molecular weight excluding hydrogens is 395 g/mol. The number of nitrogens with zero attached hydrogens (tertiary/aromatic N) is 3. The highest BCUT2D eigenvalue weighted by Crippen LogP contribution is 2.24. The average molecular weight is 420 g/mol. The first-order valence-corrected chi connectivity index (χ1v) is 10.5. The van der Waals surface area contributed by atoms with Gasteiger partial charge in [0.15, 0.2) is 0 Å². The van der Waals surface area contributed by atoms with Crippen molar-refractivity contribution in [1.82, 2.24) is 9.97 Å². The van der Waals surface area contributed by atoms with Gasteiger partial charge in [-0.25, -0.2) is 14.4 Å². The molecule has 1 fully saturated rings. The van der Waals surface area contributed by atoms with Gasteiger partial charge in [0.1, 0.15) is 11.6 Å². The van der Waals surface area contributed by atoms with E-state index < -0.39 is 0 Å². The van der Waals surface area contributed by atoms with Crippen molar-refractivity contribution < 1.29 is 13.9 Å². The van der Waals surface area contributed by atoms with Crippen LogP contribution in [-0.4, -0.2) is 35.6 Å². The SMILES string of the molecule is CCOc1ccc(NC(=O)[C@H]2CCCN(c3ncc(-c4ccc(F)cc4)cn3)C2)cc1. The summed E-state index contributed by atoms with van der Waals surface area (Å²) in [4.78, 5) is 23.8. The van der Waals surface area contributed by atoms with Crippen LogP contribution in [0.4, 0.5) is 16.0 Å². The lowest BCUT2D eigenvalue weighted by molar-refractivity contribution is -0.120. The zero-order chi connectivity index (χ0) is 21.6. The molecule has 2 heterocycles. The summed E-state index contributed by atoms with van der Waals surface area (Å²) >= 11 is 0. The number of rotatable bonds is 6. The van der Waals surface area contributed by atoms with E-state index in [1.165, 1.54) is 12.1 Å². The smallest absolute Gasteiger partial charge is 0.229 e. The first kappa shape index (κ1) is 20.8. The maximum atomic E-state index is 13.1. The van der Waals surface area contributed by atoms with Gasteiger partial charge >= 0.3 is 0 Å².